The first-order valence-electron chi connectivity index (χ1n) is 10.4. The average molecular weight is 430 g/mol. The summed E-state index contributed by atoms with van der Waals surface area (Å²) in [5.74, 6) is 0.413. The van der Waals surface area contributed by atoms with E-state index in [0.717, 1.165) is 24.6 Å². The lowest BCUT2D eigenvalue weighted by atomic mass is 9.97. The number of benzene rings is 1. The van der Waals surface area contributed by atoms with Gasteiger partial charge in [-0.15, -0.1) is 11.3 Å². The molecule has 2 aromatic rings. The number of likely N-dealkylation sites (tertiary alicyclic amines) is 1. The molecule has 1 aromatic heterocycles. The van der Waals surface area contributed by atoms with Crippen molar-refractivity contribution in [1.29, 1.82) is 0 Å². The van der Waals surface area contributed by atoms with Crippen molar-refractivity contribution in [3.8, 4) is 0 Å². The molecule has 0 aliphatic carbocycles. The summed E-state index contributed by atoms with van der Waals surface area (Å²) in [5, 5.41) is 5.21. The zero-order valence-corrected chi connectivity index (χ0v) is 18.8. The van der Waals surface area contributed by atoms with E-state index in [1.807, 2.05) is 12.1 Å². The maximum absolute atomic E-state index is 12.7. The van der Waals surface area contributed by atoms with Gasteiger partial charge in [0.1, 0.15) is 0 Å². The summed E-state index contributed by atoms with van der Waals surface area (Å²) in [7, 11) is 3.15. The molecule has 2 amide bonds. The summed E-state index contributed by atoms with van der Waals surface area (Å²) >= 11 is 1.75. The number of amides is 2. The molecular formula is C23H31N3O3S. The number of methoxy groups -OCH3 is 1. The average Bonchev–Trinajstić information content (AvgIpc) is 3.29. The fraction of sp³-hybridized carbons (Fsp3) is 0.478. The minimum absolute atomic E-state index is 0.0982. The van der Waals surface area contributed by atoms with Gasteiger partial charge in [-0.25, -0.2) is 9.59 Å². The van der Waals surface area contributed by atoms with Crippen LogP contribution in [0.3, 0.4) is 0 Å². The summed E-state index contributed by atoms with van der Waals surface area (Å²) in [6, 6.07) is 11.5. The first-order valence-corrected chi connectivity index (χ1v) is 11.3. The van der Waals surface area contributed by atoms with Crippen molar-refractivity contribution >= 4 is 23.3 Å². The normalized spacial score (nSPS) is 16.1. The molecule has 2 heterocycles. The Bertz CT molecular complexity index is 815. The van der Waals surface area contributed by atoms with E-state index in [1.165, 1.54) is 24.8 Å². The van der Waals surface area contributed by atoms with Crippen LogP contribution in [0.5, 0.6) is 0 Å². The Morgan fingerprint density at radius 3 is 2.53 bits per heavy atom. The summed E-state index contributed by atoms with van der Waals surface area (Å²) < 4.78 is 4.72. The molecule has 1 aliphatic rings. The number of nitrogens with one attached hydrogen (secondary N) is 1. The van der Waals surface area contributed by atoms with E-state index in [9.17, 15) is 9.59 Å². The third-order valence-corrected chi connectivity index (χ3v) is 6.69. The van der Waals surface area contributed by atoms with E-state index in [0.29, 0.717) is 18.7 Å². The molecule has 7 heteroatoms. The minimum Gasteiger partial charge on any atom is -0.465 e. The largest absolute Gasteiger partial charge is 0.465 e. The number of carbonyl (C=O) groups is 2. The van der Waals surface area contributed by atoms with E-state index in [4.69, 9.17) is 4.74 Å². The van der Waals surface area contributed by atoms with E-state index in [-0.39, 0.29) is 18.0 Å². The van der Waals surface area contributed by atoms with E-state index >= 15 is 0 Å². The maximum atomic E-state index is 12.7. The molecule has 30 heavy (non-hydrogen) atoms. The monoisotopic (exact) mass is 429 g/mol. The maximum Gasteiger partial charge on any atom is 0.337 e. The van der Waals surface area contributed by atoms with Crippen LogP contribution in [-0.2, 0) is 11.3 Å². The van der Waals surface area contributed by atoms with Gasteiger partial charge >= 0.3 is 12.0 Å². The molecule has 6 nitrogen and oxygen atoms in total. The second kappa shape index (κ2) is 10.6. The van der Waals surface area contributed by atoms with E-state index in [1.54, 1.807) is 35.4 Å². The van der Waals surface area contributed by atoms with E-state index < -0.39 is 0 Å². The number of thiophene rings is 1. The number of rotatable bonds is 7. The lowest BCUT2D eigenvalue weighted by Gasteiger charge is -2.36. The lowest BCUT2D eigenvalue weighted by Crippen LogP contribution is -2.44. The molecule has 162 valence electrons. The minimum atomic E-state index is -0.362. The number of hydrogen-bond acceptors (Lipinski definition) is 5. The smallest absolute Gasteiger partial charge is 0.337 e. The van der Waals surface area contributed by atoms with Crippen LogP contribution in [0.1, 0.15) is 46.6 Å². The fourth-order valence-electron chi connectivity index (χ4n) is 3.76. The molecule has 3 rings (SSSR count). The molecular weight excluding hydrogens is 398 g/mol. The fourth-order valence-corrected chi connectivity index (χ4v) is 4.62. The van der Waals surface area contributed by atoms with Crippen LogP contribution >= 0.6 is 11.3 Å². The Balaban J connectivity index is 1.56. The highest BCUT2D eigenvalue weighted by atomic mass is 32.1. The van der Waals surface area contributed by atoms with Crippen molar-refractivity contribution in [2.45, 2.75) is 32.4 Å². The van der Waals surface area contributed by atoms with Crippen molar-refractivity contribution < 1.29 is 14.3 Å². The number of esters is 1. The van der Waals surface area contributed by atoms with Gasteiger partial charge in [0, 0.05) is 25.0 Å². The van der Waals surface area contributed by atoms with Gasteiger partial charge in [0.2, 0.25) is 0 Å². The predicted octanol–water partition coefficient (Wildman–Crippen LogP) is 4.15. The van der Waals surface area contributed by atoms with Gasteiger partial charge in [-0.2, -0.15) is 0 Å². The van der Waals surface area contributed by atoms with Crippen LogP contribution in [0.4, 0.5) is 4.79 Å². The molecule has 0 spiro atoms. The van der Waals surface area contributed by atoms with Crippen LogP contribution < -0.4 is 5.32 Å². The van der Waals surface area contributed by atoms with Crippen LogP contribution in [0.25, 0.3) is 0 Å². The Hall–Kier alpha value is -2.38. The van der Waals surface area contributed by atoms with Gasteiger partial charge < -0.3 is 15.0 Å². The second-order valence-corrected chi connectivity index (χ2v) is 8.96. The van der Waals surface area contributed by atoms with Crippen molar-refractivity contribution in [1.82, 2.24) is 15.1 Å². The molecule has 1 aromatic carbocycles. The van der Waals surface area contributed by atoms with Gasteiger partial charge in [-0.3, -0.25) is 4.90 Å². The summed E-state index contributed by atoms with van der Waals surface area (Å²) in [6.45, 7) is 5.52. The highest BCUT2D eigenvalue weighted by Gasteiger charge is 2.26. The standard InChI is InChI=1S/C23H31N3O3S/c1-17-10-12-26(13-11-17)20(21-5-4-14-30-21)15-24-23(28)25(2)16-18-6-8-19(9-7-18)22(27)29-3/h4-9,14,17,20H,10-13,15-16H2,1-3H3,(H,24,28)/t20-/m1/s1. The van der Waals surface area contributed by atoms with Crippen LogP contribution in [0.2, 0.25) is 0 Å². The third-order valence-electron chi connectivity index (χ3n) is 5.72. The molecule has 1 saturated heterocycles. The summed E-state index contributed by atoms with van der Waals surface area (Å²) in [5.41, 5.74) is 1.46. The van der Waals surface area contributed by atoms with Crippen LogP contribution in [-0.4, -0.2) is 55.6 Å². The zero-order chi connectivity index (χ0) is 21.5. The molecule has 0 unspecified atom stereocenters. The van der Waals surface area contributed by atoms with Gasteiger partial charge in [0.25, 0.3) is 0 Å². The first kappa shape index (κ1) is 22.3. The molecule has 0 radical (unpaired) electrons. The Morgan fingerprint density at radius 1 is 1.23 bits per heavy atom. The first-order chi connectivity index (χ1) is 14.5. The zero-order valence-electron chi connectivity index (χ0n) is 18.0. The van der Waals surface area contributed by atoms with Crippen LogP contribution in [0.15, 0.2) is 41.8 Å². The highest BCUT2D eigenvalue weighted by Crippen LogP contribution is 2.29. The SMILES string of the molecule is COC(=O)c1ccc(CN(C)C(=O)NC[C@H](c2cccs2)N2CCC(C)CC2)cc1. The highest BCUT2D eigenvalue weighted by molar-refractivity contribution is 7.10. The molecule has 1 N–H and O–H groups in total. The van der Waals surface area contributed by atoms with Crippen LogP contribution in [0, 0.1) is 5.92 Å². The predicted molar refractivity (Wildman–Crippen MR) is 120 cm³/mol. The summed E-state index contributed by atoms with van der Waals surface area (Å²) in [4.78, 5) is 29.7. The van der Waals surface area contributed by atoms with Gasteiger partial charge in [0.05, 0.1) is 18.7 Å². The molecule has 1 fully saturated rings. The number of hydrogen-bond donors (Lipinski definition) is 1. The number of nitrogens with zero attached hydrogens (tertiary/aromatic N) is 2. The Kier molecular flexibility index (Phi) is 7.87. The van der Waals surface area contributed by atoms with Crippen molar-refractivity contribution in [3.05, 3.63) is 57.8 Å². The van der Waals surface area contributed by atoms with Gasteiger partial charge in [-0.1, -0.05) is 25.1 Å². The molecule has 1 aliphatic heterocycles. The lowest BCUT2D eigenvalue weighted by molar-refractivity contribution is 0.0600. The van der Waals surface area contributed by atoms with Crippen molar-refractivity contribution in [2.75, 3.05) is 33.8 Å². The van der Waals surface area contributed by atoms with Gasteiger partial charge in [0.15, 0.2) is 0 Å². The Morgan fingerprint density at radius 2 is 1.93 bits per heavy atom. The third kappa shape index (κ3) is 5.83. The number of urea groups is 1. The van der Waals surface area contributed by atoms with Gasteiger partial charge in [-0.05, 0) is 61.0 Å². The quantitative estimate of drug-likeness (QED) is 0.672. The Labute approximate surface area is 182 Å². The number of carbonyl (C=O) groups excluding carboxylic acids is 2. The topological polar surface area (TPSA) is 61.9 Å². The van der Waals surface area contributed by atoms with Crippen molar-refractivity contribution in [3.63, 3.8) is 0 Å². The second-order valence-electron chi connectivity index (χ2n) is 7.98. The molecule has 0 bridgehead atoms. The van der Waals surface area contributed by atoms with Crippen molar-refractivity contribution in [2.24, 2.45) is 5.92 Å². The summed E-state index contributed by atoms with van der Waals surface area (Å²) in [6.07, 6.45) is 2.41. The molecule has 0 saturated carbocycles. The molecule has 1 atom stereocenters. The number of piperidine rings is 1. The number of ether oxygens (including phenoxy) is 1. The van der Waals surface area contributed by atoms with E-state index in [2.05, 4.69) is 34.7 Å².